The zero-order chi connectivity index (χ0) is 13.1. The third-order valence-corrected chi connectivity index (χ3v) is 4.75. The molecule has 1 aromatic carbocycles. The molecule has 0 aliphatic carbocycles. The van der Waals surface area contributed by atoms with Crippen molar-refractivity contribution in [2.75, 3.05) is 6.54 Å². The molecule has 100 valence electrons. The number of halogens is 1. The van der Waals surface area contributed by atoms with E-state index < -0.39 is 0 Å². The van der Waals surface area contributed by atoms with E-state index in [-0.39, 0.29) is 6.04 Å². The molecule has 2 atom stereocenters. The lowest BCUT2D eigenvalue weighted by molar-refractivity contribution is 0.123. The third-order valence-electron chi connectivity index (χ3n) is 3.89. The Labute approximate surface area is 119 Å². The van der Waals surface area contributed by atoms with E-state index in [1.165, 1.54) is 41.4 Å². The molecule has 2 rings (SSSR count). The number of rotatable bonds is 3. The number of piperidine rings is 1. The lowest BCUT2D eigenvalue weighted by Gasteiger charge is -2.38. The maximum Gasteiger partial charge on any atom is 0.0248 e. The van der Waals surface area contributed by atoms with Gasteiger partial charge in [-0.05, 0) is 50.4 Å². The Morgan fingerprint density at radius 1 is 1.44 bits per heavy atom. The van der Waals surface area contributed by atoms with E-state index in [9.17, 15) is 0 Å². The summed E-state index contributed by atoms with van der Waals surface area (Å²) < 4.78 is 1.20. The molecule has 18 heavy (non-hydrogen) atoms. The van der Waals surface area contributed by atoms with Crippen LogP contribution in [0.25, 0.3) is 0 Å². The van der Waals surface area contributed by atoms with Crippen molar-refractivity contribution in [1.82, 2.24) is 4.90 Å². The normalized spacial score (nSPS) is 23.0. The Morgan fingerprint density at radius 3 is 2.89 bits per heavy atom. The van der Waals surface area contributed by atoms with Crippen LogP contribution in [0.3, 0.4) is 0 Å². The number of nitrogens with zero attached hydrogens (tertiary/aromatic N) is 1. The molecule has 1 aliphatic rings. The topological polar surface area (TPSA) is 29.3 Å². The lowest BCUT2D eigenvalue weighted by Crippen LogP contribution is -2.48. The van der Waals surface area contributed by atoms with Gasteiger partial charge >= 0.3 is 0 Å². The molecule has 0 amide bonds. The zero-order valence-corrected chi connectivity index (χ0v) is 12.9. The Hall–Kier alpha value is -0.380. The largest absolute Gasteiger partial charge is 0.327 e. The number of benzene rings is 1. The van der Waals surface area contributed by atoms with Crippen LogP contribution in [0.2, 0.25) is 0 Å². The number of nitrogens with two attached hydrogens (primary N) is 1. The van der Waals surface area contributed by atoms with Crippen LogP contribution in [0.4, 0.5) is 0 Å². The SMILES string of the molecule is Cc1ccc(CN2CCCCC2C(C)N)cc1Br. The first-order valence-corrected chi connectivity index (χ1v) is 7.62. The molecule has 1 aliphatic heterocycles. The van der Waals surface area contributed by atoms with Crippen LogP contribution in [0.5, 0.6) is 0 Å². The minimum absolute atomic E-state index is 0.263. The fourth-order valence-electron chi connectivity index (χ4n) is 2.78. The molecule has 3 heteroatoms. The molecule has 1 heterocycles. The van der Waals surface area contributed by atoms with Crippen molar-refractivity contribution < 1.29 is 0 Å². The van der Waals surface area contributed by atoms with Crippen molar-refractivity contribution in [1.29, 1.82) is 0 Å². The molecule has 1 saturated heterocycles. The van der Waals surface area contributed by atoms with Crippen LogP contribution in [-0.4, -0.2) is 23.5 Å². The molecule has 0 bridgehead atoms. The van der Waals surface area contributed by atoms with E-state index in [0.717, 1.165) is 6.54 Å². The lowest BCUT2D eigenvalue weighted by atomic mass is 9.96. The van der Waals surface area contributed by atoms with Crippen molar-refractivity contribution in [3.05, 3.63) is 33.8 Å². The fourth-order valence-corrected chi connectivity index (χ4v) is 3.20. The molecular formula is C15H23BrN2. The first-order chi connectivity index (χ1) is 8.58. The van der Waals surface area contributed by atoms with Gasteiger partial charge in [-0.1, -0.05) is 34.5 Å². The molecule has 1 fully saturated rings. The summed E-state index contributed by atoms with van der Waals surface area (Å²) in [6.07, 6.45) is 3.86. The summed E-state index contributed by atoms with van der Waals surface area (Å²) in [6, 6.07) is 7.46. The predicted octanol–water partition coefficient (Wildman–Crippen LogP) is 3.46. The van der Waals surface area contributed by atoms with Crippen molar-refractivity contribution in [3.8, 4) is 0 Å². The van der Waals surface area contributed by atoms with Gasteiger partial charge in [0.1, 0.15) is 0 Å². The second kappa shape index (κ2) is 6.18. The highest BCUT2D eigenvalue weighted by atomic mass is 79.9. The zero-order valence-electron chi connectivity index (χ0n) is 11.3. The van der Waals surface area contributed by atoms with E-state index in [0.29, 0.717) is 6.04 Å². The van der Waals surface area contributed by atoms with Gasteiger partial charge in [-0.2, -0.15) is 0 Å². The van der Waals surface area contributed by atoms with Gasteiger partial charge in [0, 0.05) is 23.1 Å². The fraction of sp³-hybridized carbons (Fsp3) is 0.600. The van der Waals surface area contributed by atoms with Gasteiger partial charge in [-0.3, -0.25) is 4.90 Å². The number of hydrogen-bond acceptors (Lipinski definition) is 2. The van der Waals surface area contributed by atoms with Gasteiger partial charge in [0.2, 0.25) is 0 Å². The Kier molecular flexibility index (Phi) is 4.82. The van der Waals surface area contributed by atoms with E-state index in [1.807, 2.05) is 0 Å². The second-order valence-corrected chi connectivity index (χ2v) is 6.33. The molecule has 2 nitrogen and oxygen atoms in total. The van der Waals surface area contributed by atoms with Gasteiger partial charge in [-0.15, -0.1) is 0 Å². The molecule has 2 N–H and O–H groups in total. The van der Waals surface area contributed by atoms with Gasteiger partial charge in [0.25, 0.3) is 0 Å². The summed E-state index contributed by atoms with van der Waals surface area (Å²) in [7, 11) is 0. The number of likely N-dealkylation sites (tertiary alicyclic amines) is 1. The molecule has 0 aromatic heterocycles. The third kappa shape index (κ3) is 3.34. The summed E-state index contributed by atoms with van der Waals surface area (Å²) in [5.41, 5.74) is 8.78. The second-order valence-electron chi connectivity index (χ2n) is 5.48. The summed E-state index contributed by atoms with van der Waals surface area (Å²) in [5, 5.41) is 0. The van der Waals surface area contributed by atoms with Crippen LogP contribution < -0.4 is 5.73 Å². The smallest absolute Gasteiger partial charge is 0.0248 e. The number of hydrogen-bond donors (Lipinski definition) is 1. The molecule has 0 saturated carbocycles. The average Bonchev–Trinajstić information content (AvgIpc) is 2.34. The first kappa shape index (κ1) is 14.0. The summed E-state index contributed by atoms with van der Waals surface area (Å²) in [4.78, 5) is 2.55. The molecule has 0 radical (unpaired) electrons. The van der Waals surface area contributed by atoms with E-state index in [4.69, 9.17) is 5.73 Å². The van der Waals surface area contributed by atoms with E-state index >= 15 is 0 Å². The maximum absolute atomic E-state index is 6.11. The van der Waals surface area contributed by atoms with Crippen LogP contribution in [0.15, 0.2) is 22.7 Å². The van der Waals surface area contributed by atoms with Crippen molar-refractivity contribution in [2.45, 2.75) is 51.7 Å². The average molecular weight is 311 g/mol. The highest BCUT2D eigenvalue weighted by Crippen LogP contribution is 2.23. The van der Waals surface area contributed by atoms with E-state index in [1.54, 1.807) is 0 Å². The van der Waals surface area contributed by atoms with Crippen LogP contribution >= 0.6 is 15.9 Å². The Balaban J connectivity index is 2.08. The van der Waals surface area contributed by atoms with Crippen LogP contribution in [0, 0.1) is 6.92 Å². The van der Waals surface area contributed by atoms with Gasteiger partial charge in [0.15, 0.2) is 0 Å². The monoisotopic (exact) mass is 310 g/mol. The number of aryl methyl sites for hydroxylation is 1. The van der Waals surface area contributed by atoms with E-state index in [2.05, 4.69) is 52.9 Å². The minimum Gasteiger partial charge on any atom is -0.327 e. The minimum atomic E-state index is 0.263. The van der Waals surface area contributed by atoms with Crippen molar-refractivity contribution >= 4 is 15.9 Å². The standard InChI is InChI=1S/C15H23BrN2/c1-11-6-7-13(9-14(11)16)10-18-8-4-3-5-15(18)12(2)17/h6-7,9,12,15H,3-5,8,10,17H2,1-2H3. The van der Waals surface area contributed by atoms with Gasteiger partial charge in [-0.25, -0.2) is 0 Å². The van der Waals surface area contributed by atoms with Gasteiger partial charge < -0.3 is 5.73 Å². The Morgan fingerprint density at radius 2 is 2.22 bits per heavy atom. The van der Waals surface area contributed by atoms with Crippen LogP contribution in [0.1, 0.15) is 37.3 Å². The predicted molar refractivity (Wildman–Crippen MR) is 80.6 cm³/mol. The highest BCUT2D eigenvalue weighted by molar-refractivity contribution is 9.10. The summed E-state index contributed by atoms with van der Waals surface area (Å²) in [6.45, 7) is 6.45. The molecular weight excluding hydrogens is 288 g/mol. The van der Waals surface area contributed by atoms with Crippen molar-refractivity contribution in [3.63, 3.8) is 0 Å². The Bertz CT molecular complexity index is 403. The summed E-state index contributed by atoms with van der Waals surface area (Å²) >= 11 is 3.61. The quantitative estimate of drug-likeness (QED) is 0.926. The molecule has 2 unspecified atom stereocenters. The maximum atomic E-state index is 6.11. The molecule has 0 spiro atoms. The first-order valence-electron chi connectivity index (χ1n) is 6.82. The highest BCUT2D eigenvalue weighted by Gasteiger charge is 2.25. The van der Waals surface area contributed by atoms with Crippen molar-refractivity contribution in [2.24, 2.45) is 5.73 Å². The van der Waals surface area contributed by atoms with Gasteiger partial charge in [0.05, 0.1) is 0 Å². The molecule has 1 aromatic rings. The summed E-state index contributed by atoms with van der Waals surface area (Å²) in [5.74, 6) is 0. The van der Waals surface area contributed by atoms with Crippen LogP contribution in [-0.2, 0) is 6.54 Å².